The van der Waals surface area contributed by atoms with E-state index in [1.54, 1.807) is 26.1 Å². The minimum atomic E-state index is -3.48. The van der Waals surface area contributed by atoms with Gasteiger partial charge in [0.15, 0.2) is 5.03 Å². The van der Waals surface area contributed by atoms with Crippen LogP contribution in [0.4, 0.5) is 0 Å². The number of nitrogens with one attached hydrogen (secondary N) is 2. The Bertz CT molecular complexity index is 440. The summed E-state index contributed by atoms with van der Waals surface area (Å²) in [6.45, 7) is 7.13. The predicted octanol–water partition coefficient (Wildman–Crippen LogP) is 0.878. The number of hydrogen-bond donors (Lipinski definition) is 2. The molecule has 1 aromatic heterocycles. The number of nitrogens with zero attached hydrogens (tertiary/aromatic N) is 1. The topological polar surface area (TPSA) is 71.1 Å². The first kappa shape index (κ1) is 14.1. The Morgan fingerprint density at radius 1 is 1.35 bits per heavy atom. The quantitative estimate of drug-likeness (QED) is 0.793. The second-order valence-electron chi connectivity index (χ2n) is 4.06. The highest BCUT2D eigenvalue weighted by Crippen LogP contribution is 2.07. The summed E-state index contributed by atoms with van der Waals surface area (Å²) in [6, 6.07) is 3.16. The summed E-state index contributed by atoms with van der Waals surface area (Å²) >= 11 is 0. The van der Waals surface area contributed by atoms with E-state index in [9.17, 15) is 8.42 Å². The Morgan fingerprint density at radius 3 is 2.53 bits per heavy atom. The lowest BCUT2D eigenvalue weighted by Gasteiger charge is -2.09. The molecule has 0 bridgehead atoms. The minimum absolute atomic E-state index is 0.0615. The molecule has 0 aliphatic heterocycles. The van der Waals surface area contributed by atoms with E-state index in [1.165, 1.54) is 6.07 Å². The SMILES string of the molecule is CCNCc1ccc(S(=O)(=O)NC(C)C)nc1. The number of aromatic nitrogens is 1. The molecule has 1 rings (SSSR count). The van der Waals surface area contributed by atoms with Crippen LogP contribution in [0, 0.1) is 0 Å². The molecule has 17 heavy (non-hydrogen) atoms. The van der Waals surface area contributed by atoms with Crippen LogP contribution in [0.5, 0.6) is 0 Å². The highest BCUT2D eigenvalue weighted by atomic mass is 32.2. The average Bonchev–Trinajstić information content (AvgIpc) is 2.25. The fourth-order valence-electron chi connectivity index (χ4n) is 1.31. The van der Waals surface area contributed by atoms with Gasteiger partial charge >= 0.3 is 0 Å². The lowest BCUT2D eigenvalue weighted by Crippen LogP contribution is -2.30. The third-order valence-electron chi connectivity index (χ3n) is 2.04. The van der Waals surface area contributed by atoms with Crippen LogP contribution in [0.25, 0.3) is 0 Å². The zero-order valence-corrected chi connectivity index (χ0v) is 11.2. The third kappa shape index (κ3) is 4.41. The highest BCUT2D eigenvalue weighted by Gasteiger charge is 2.16. The highest BCUT2D eigenvalue weighted by molar-refractivity contribution is 7.89. The van der Waals surface area contributed by atoms with Crippen molar-refractivity contribution in [2.24, 2.45) is 0 Å². The van der Waals surface area contributed by atoms with Gasteiger partial charge in [-0.05, 0) is 32.0 Å². The Hall–Kier alpha value is -0.980. The first-order valence-corrected chi connectivity index (χ1v) is 7.12. The average molecular weight is 257 g/mol. The molecule has 0 spiro atoms. The van der Waals surface area contributed by atoms with Crippen molar-refractivity contribution in [3.05, 3.63) is 23.9 Å². The molecule has 0 radical (unpaired) electrons. The zero-order valence-electron chi connectivity index (χ0n) is 10.4. The van der Waals surface area contributed by atoms with Crippen LogP contribution in [0.1, 0.15) is 26.3 Å². The van der Waals surface area contributed by atoms with Gasteiger partial charge in [0.05, 0.1) is 0 Å². The van der Waals surface area contributed by atoms with Gasteiger partial charge in [0.2, 0.25) is 0 Å². The lowest BCUT2D eigenvalue weighted by atomic mass is 10.3. The molecule has 5 nitrogen and oxygen atoms in total. The third-order valence-corrected chi connectivity index (χ3v) is 3.62. The molecule has 0 aromatic carbocycles. The second-order valence-corrected chi connectivity index (χ2v) is 5.72. The molecule has 0 unspecified atom stereocenters. The fraction of sp³-hybridized carbons (Fsp3) is 0.545. The van der Waals surface area contributed by atoms with Crippen molar-refractivity contribution in [1.82, 2.24) is 15.0 Å². The van der Waals surface area contributed by atoms with Gasteiger partial charge in [0, 0.05) is 18.8 Å². The molecule has 0 saturated heterocycles. The van der Waals surface area contributed by atoms with E-state index < -0.39 is 10.0 Å². The van der Waals surface area contributed by atoms with Gasteiger partial charge in [-0.25, -0.2) is 18.1 Å². The van der Waals surface area contributed by atoms with Gasteiger partial charge < -0.3 is 5.32 Å². The summed E-state index contributed by atoms with van der Waals surface area (Å²) in [7, 11) is -3.48. The van der Waals surface area contributed by atoms with E-state index in [1.807, 2.05) is 6.92 Å². The molecule has 1 aromatic rings. The summed E-state index contributed by atoms with van der Waals surface area (Å²) in [6.07, 6.45) is 1.58. The van der Waals surface area contributed by atoms with Crippen molar-refractivity contribution >= 4 is 10.0 Å². The lowest BCUT2D eigenvalue weighted by molar-refractivity contribution is 0.566. The Morgan fingerprint density at radius 2 is 2.06 bits per heavy atom. The van der Waals surface area contributed by atoms with E-state index in [0.717, 1.165) is 12.1 Å². The van der Waals surface area contributed by atoms with Crippen LogP contribution >= 0.6 is 0 Å². The molecule has 0 saturated carbocycles. The largest absolute Gasteiger partial charge is 0.313 e. The van der Waals surface area contributed by atoms with E-state index in [2.05, 4.69) is 15.0 Å². The van der Waals surface area contributed by atoms with Crippen LogP contribution in [0.3, 0.4) is 0 Å². The first-order valence-electron chi connectivity index (χ1n) is 5.63. The molecule has 0 fully saturated rings. The fourth-order valence-corrected chi connectivity index (χ4v) is 2.49. The van der Waals surface area contributed by atoms with Crippen LogP contribution < -0.4 is 10.0 Å². The minimum Gasteiger partial charge on any atom is -0.313 e. The van der Waals surface area contributed by atoms with Crippen LogP contribution in [0.15, 0.2) is 23.4 Å². The van der Waals surface area contributed by atoms with Gasteiger partial charge in [0.25, 0.3) is 10.0 Å². The summed E-state index contributed by atoms with van der Waals surface area (Å²) in [4.78, 5) is 3.97. The molecular formula is C11H19N3O2S. The molecule has 0 aliphatic rings. The number of rotatable bonds is 6. The molecule has 6 heteroatoms. The molecule has 2 N–H and O–H groups in total. The number of sulfonamides is 1. The Labute approximate surface area is 103 Å². The maximum absolute atomic E-state index is 11.8. The maximum atomic E-state index is 11.8. The van der Waals surface area contributed by atoms with Crippen LogP contribution in [0.2, 0.25) is 0 Å². The Kier molecular flexibility index (Phi) is 5.04. The van der Waals surface area contributed by atoms with Gasteiger partial charge in [0.1, 0.15) is 0 Å². The summed E-state index contributed by atoms with van der Waals surface area (Å²) in [5, 5.41) is 3.21. The summed E-state index contributed by atoms with van der Waals surface area (Å²) in [5.74, 6) is 0. The first-order chi connectivity index (χ1) is 7.95. The summed E-state index contributed by atoms with van der Waals surface area (Å²) < 4.78 is 26.0. The molecule has 0 aliphatic carbocycles. The van der Waals surface area contributed by atoms with Crippen molar-refractivity contribution in [3.8, 4) is 0 Å². The number of pyridine rings is 1. The number of hydrogen-bond acceptors (Lipinski definition) is 4. The van der Waals surface area contributed by atoms with Gasteiger partial charge in [-0.15, -0.1) is 0 Å². The van der Waals surface area contributed by atoms with Crippen LogP contribution in [-0.2, 0) is 16.6 Å². The molecule has 0 atom stereocenters. The van der Waals surface area contributed by atoms with Gasteiger partial charge in [-0.1, -0.05) is 13.0 Å². The second kappa shape index (κ2) is 6.09. The van der Waals surface area contributed by atoms with E-state index in [4.69, 9.17) is 0 Å². The Balaban J connectivity index is 2.80. The monoisotopic (exact) mass is 257 g/mol. The molecular weight excluding hydrogens is 238 g/mol. The smallest absolute Gasteiger partial charge is 0.258 e. The molecule has 96 valence electrons. The van der Waals surface area contributed by atoms with E-state index in [-0.39, 0.29) is 11.1 Å². The van der Waals surface area contributed by atoms with Crippen molar-refractivity contribution in [2.75, 3.05) is 6.54 Å². The van der Waals surface area contributed by atoms with Crippen molar-refractivity contribution in [1.29, 1.82) is 0 Å². The van der Waals surface area contributed by atoms with Crippen molar-refractivity contribution in [3.63, 3.8) is 0 Å². The summed E-state index contributed by atoms with van der Waals surface area (Å²) in [5.41, 5.74) is 0.968. The maximum Gasteiger partial charge on any atom is 0.258 e. The predicted molar refractivity (Wildman–Crippen MR) is 67.1 cm³/mol. The normalized spacial score (nSPS) is 12.0. The van der Waals surface area contributed by atoms with Crippen molar-refractivity contribution < 1.29 is 8.42 Å². The van der Waals surface area contributed by atoms with Gasteiger partial charge in [-0.2, -0.15) is 0 Å². The van der Waals surface area contributed by atoms with Gasteiger partial charge in [-0.3, -0.25) is 0 Å². The van der Waals surface area contributed by atoms with E-state index >= 15 is 0 Å². The standard InChI is InChI=1S/C11H19N3O2S/c1-4-12-7-10-5-6-11(13-8-10)17(15,16)14-9(2)3/h5-6,8-9,12,14H,4,7H2,1-3H3. The van der Waals surface area contributed by atoms with E-state index in [0.29, 0.717) is 6.54 Å². The van der Waals surface area contributed by atoms with Crippen LogP contribution in [-0.4, -0.2) is 26.0 Å². The molecule has 1 heterocycles. The molecule has 0 amide bonds. The van der Waals surface area contributed by atoms with Crippen molar-refractivity contribution in [2.45, 2.75) is 38.4 Å². The zero-order chi connectivity index (χ0) is 12.9.